The van der Waals surface area contributed by atoms with E-state index in [0.717, 1.165) is 5.75 Å². The molecule has 0 radical (unpaired) electrons. The fraction of sp³-hybridized carbons (Fsp3) is 0.429. The Morgan fingerprint density at radius 2 is 2.06 bits per heavy atom. The Kier molecular flexibility index (Phi) is 4.56. The minimum absolute atomic E-state index is 0.208. The third kappa shape index (κ3) is 3.11. The van der Waals surface area contributed by atoms with Crippen LogP contribution in [0.3, 0.4) is 0 Å². The highest BCUT2D eigenvalue weighted by Crippen LogP contribution is 2.27. The van der Waals surface area contributed by atoms with Crippen molar-refractivity contribution in [1.82, 2.24) is 5.32 Å². The van der Waals surface area contributed by atoms with Gasteiger partial charge in [-0.1, -0.05) is 29.3 Å². The molecule has 0 heterocycles. The predicted octanol–water partition coefficient (Wildman–Crippen LogP) is 3.23. The summed E-state index contributed by atoms with van der Waals surface area (Å²) in [7, 11) is 3.68. The number of hydrogen-bond acceptors (Lipinski definition) is 2. The summed E-state index contributed by atoms with van der Waals surface area (Å²) in [5.41, 5.74) is 3.73. The van der Waals surface area contributed by atoms with Gasteiger partial charge in [0.2, 0.25) is 0 Å². The highest BCUT2D eigenvalue weighted by Gasteiger charge is 2.11. The molecule has 0 saturated carbocycles. The first-order valence-electron chi connectivity index (χ1n) is 5.55. The highest BCUT2D eigenvalue weighted by molar-refractivity contribution is 5.41. The lowest BCUT2D eigenvalue weighted by Gasteiger charge is -2.17. The Labute approximate surface area is 98.3 Å². The first kappa shape index (κ1) is 12.8. The van der Waals surface area contributed by atoms with Crippen LogP contribution in [0.4, 0.5) is 0 Å². The van der Waals surface area contributed by atoms with Crippen molar-refractivity contribution >= 4 is 0 Å². The number of aryl methyl sites for hydroxylation is 1. The lowest BCUT2D eigenvalue weighted by molar-refractivity contribution is 0.406. The molecule has 1 rings (SSSR count). The first-order valence-corrected chi connectivity index (χ1v) is 5.55. The molecule has 0 saturated heterocycles. The lowest BCUT2D eigenvalue weighted by atomic mass is 10.0. The SMILES string of the molecule is CNC(C=C(C)C)c1cc(C)ccc1OC. The predicted molar refractivity (Wildman–Crippen MR) is 69.0 cm³/mol. The molecule has 2 heteroatoms. The number of ether oxygens (including phenoxy) is 1. The highest BCUT2D eigenvalue weighted by atomic mass is 16.5. The summed E-state index contributed by atoms with van der Waals surface area (Å²) < 4.78 is 5.40. The zero-order chi connectivity index (χ0) is 12.1. The summed E-state index contributed by atoms with van der Waals surface area (Å²) in [6, 6.07) is 6.46. The third-order valence-electron chi connectivity index (χ3n) is 2.53. The second-order valence-electron chi connectivity index (χ2n) is 4.26. The van der Waals surface area contributed by atoms with E-state index in [1.165, 1.54) is 16.7 Å². The molecule has 1 aromatic rings. The molecule has 1 unspecified atom stereocenters. The zero-order valence-corrected chi connectivity index (χ0v) is 10.8. The van der Waals surface area contributed by atoms with Gasteiger partial charge in [-0.05, 0) is 33.9 Å². The minimum Gasteiger partial charge on any atom is -0.496 e. The number of rotatable bonds is 4. The molecule has 88 valence electrons. The third-order valence-corrected chi connectivity index (χ3v) is 2.53. The van der Waals surface area contributed by atoms with Crippen molar-refractivity contribution in [3.8, 4) is 5.75 Å². The molecule has 0 fully saturated rings. The largest absolute Gasteiger partial charge is 0.496 e. The summed E-state index contributed by atoms with van der Waals surface area (Å²) in [4.78, 5) is 0. The number of allylic oxidation sites excluding steroid dienone is 1. The molecule has 0 aliphatic rings. The van der Waals surface area contributed by atoms with Crippen LogP contribution in [0.1, 0.15) is 31.0 Å². The van der Waals surface area contributed by atoms with Gasteiger partial charge in [0.1, 0.15) is 5.75 Å². The average Bonchev–Trinajstić information content (AvgIpc) is 2.25. The first-order chi connectivity index (χ1) is 7.58. The van der Waals surface area contributed by atoms with Gasteiger partial charge in [-0.25, -0.2) is 0 Å². The van der Waals surface area contributed by atoms with E-state index < -0.39 is 0 Å². The average molecular weight is 219 g/mol. The van der Waals surface area contributed by atoms with E-state index in [1.807, 2.05) is 13.1 Å². The van der Waals surface area contributed by atoms with Crippen LogP contribution in [-0.4, -0.2) is 14.2 Å². The van der Waals surface area contributed by atoms with Crippen molar-refractivity contribution in [2.24, 2.45) is 0 Å². The molecule has 1 atom stereocenters. The van der Waals surface area contributed by atoms with E-state index in [9.17, 15) is 0 Å². The summed E-state index contributed by atoms with van der Waals surface area (Å²) in [6.07, 6.45) is 2.21. The maximum atomic E-state index is 5.40. The summed E-state index contributed by atoms with van der Waals surface area (Å²) in [6.45, 7) is 6.30. The second-order valence-corrected chi connectivity index (χ2v) is 4.26. The summed E-state index contributed by atoms with van der Waals surface area (Å²) >= 11 is 0. The number of benzene rings is 1. The van der Waals surface area contributed by atoms with Crippen LogP contribution in [0, 0.1) is 6.92 Å². The van der Waals surface area contributed by atoms with Gasteiger partial charge in [-0.3, -0.25) is 0 Å². The van der Waals surface area contributed by atoms with Crippen molar-refractivity contribution in [1.29, 1.82) is 0 Å². The van der Waals surface area contributed by atoms with E-state index in [1.54, 1.807) is 7.11 Å². The summed E-state index contributed by atoms with van der Waals surface area (Å²) in [5, 5.41) is 3.30. The Balaban J connectivity index is 3.17. The monoisotopic (exact) mass is 219 g/mol. The molecule has 0 aromatic heterocycles. The van der Waals surface area contributed by atoms with Crippen molar-refractivity contribution in [3.63, 3.8) is 0 Å². The molecule has 0 amide bonds. The van der Waals surface area contributed by atoms with Gasteiger partial charge in [0, 0.05) is 5.56 Å². The van der Waals surface area contributed by atoms with E-state index in [4.69, 9.17) is 4.74 Å². The van der Waals surface area contributed by atoms with Crippen molar-refractivity contribution in [2.45, 2.75) is 26.8 Å². The maximum absolute atomic E-state index is 5.40. The van der Waals surface area contributed by atoms with Gasteiger partial charge in [-0.2, -0.15) is 0 Å². The van der Waals surface area contributed by atoms with E-state index in [2.05, 4.69) is 44.3 Å². The molecule has 0 aliphatic heterocycles. The van der Waals surface area contributed by atoms with E-state index >= 15 is 0 Å². The molecule has 1 N–H and O–H groups in total. The van der Waals surface area contributed by atoms with Gasteiger partial charge in [-0.15, -0.1) is 0 Å². The van der Waals surface area contributed by atoms with E-state index in [-0.39, 0.29) is 6.04 Å². The van der Waals surface area contributed by atoms with Crippen molar-refractivity contribution < 1.29 is 4.74 Å². The quantitative estimate of drug-likeness (QED) is 0.785. The number of hydrogen-bond donors (Lipinski definition) is 1. The number of likely N-dealkylation sites (N-methyl/N-ethyl adjacent to an activating group) is 1. The van der Waals surface area contributed by atoms with Crippen LogP contribution in [0.5, 0.6) is 5.75 Å². The van der Waals surface area contributed by atoms with Crippen LogP contribution >= 0.6 is 0 Å². The number of methoxy groups -OCH3 is 1. The van der Waals surface area contributed by atoms with Gasteiger partial charge >= 0.3 is 0 Å². The van der Waals surface area contributed by atoms with Gasteiger partial charge in [0.05, 0.1) is 13.2 Å². The zero-order valence-electron chi connectivity index (χ0n) is 10.8. The molecule has 0 aliphatic carbocycles. The van der Waals surface area contributed by atoms with Gasteiger partial charge in [0.15, 0.2) is 0 Å². The fourth-order valence-corrected chi connectivity index (χ4v) is 1.76. The Morgan fingerprint density at radius 3 is 2.56 bits per heavy atom. The molecule has 0 spiro atoms. The smallest absolute Gasteiger partial charge is 0.123 e. The van der Waals surface area contributed by atoms with Crippen LogP contribution < -0.4 is 10.1 Å². The fourth-order valence-electron chi connectivity index (χ4n) is 1.76. The number of nitrogens with one attached hydrogen (secondary N) is 1. The van der Waals surface area contributed by atoms with Crippen LogP contribution in [0.15, 0.2) is 29.8 Å². The summed E-state index contributed by atoms with van der Waals surface area (Å²) in [5.74, 6) is 0.933. The van der Waals surface area contributed by atoms with Crippen molar-refractivity contribution in [3.05, 3.63) is 41.0 Å². The standard InChI is InChI=1S/C14H21NO/c1-10(2)8-13(15-4)12-9-11(3)6-7-14(12)16-5/h6-9,13,15H,1-5H3. The van der Waals surface area contributed by atoms with Crippen LogP contribution in [0.2, 0.25) is 0 Å². The molecular formula is C14H21NO. The molecule has 0 bridgehead atoms. The topological polar surface area (TPSA) is 21.3 Å². The molecule has 2 nitrogen and oxygen atoms in total. The molecule has 16 heavy (non-hydrogen) atoms. The van der Waals surface area contributed by atoms with Crippen LogP contribution in [-0.2, 0) is 0 Å². The van der Waals surface area contributed by atoms with Gasteiger partial charge < -0.3 is 10.1 Å². The van der Waals surface area contributed by atoms with E-state index in [0.29, 0.717) is 0 Å². The Hall–Kier alpha value is -1.28. The Bertz CT molecular complexity index is 378. The minimum atomic E-state index is 0.208. The van der Waals surface area contributed by atoms with Gasteiger partial charge in [0.25, 0.3) is 0 Å². The molecular weight excluding hydrogens is 198 g/mol. The van der Waals surface area contributed by atoms with Crippen molar-refractivity contribution in [2.75, 3.05) is 14.2 Å². The Morgan fingerprint density at radius 1 is 1.38 bits per heavy atom. The normalized spacial score (nSPS) is 12.1. The second kappa shape index (κ2) is 5.71. The maximum Gasteiger partial charge on any atom is 0.123 e. The van der Waals surface area contributed by atoms with Crippen LogP contribution in [0.25, 0.3) is 0 Å². The lowest BCUT2D eigenvalue weighted by Crippen LogP contribution is -2.15. The molecule has 1 aromatic carbocycles.